The van der Waals surface area contributed by atoms with Crippen molar-refractivity contribution in [2.75, 3.05) is 0 Å². The highest BCUT2D eigenvalue weighted by Gasteiger charge is 2.13. The molecule has 0 aromatic rings. The molecule has 0 fully saturated rings. The van der Waals surface area contributed by atoms with Gasteiger partial charge in [-0.2, -0.15) is 0 Å². The highest BCUT2D eigenvalue weighted by molar-refractivity contribution is 5.66. The summed E-state index contributed by atoms with van der Waals surface area (Å²) in [7, 11) is 0. The van der Waals surface area contributed by atoms with Crippen molar-refractivity contribution in [2.24, 2.45) is 5.41 Å². The Bertz CT molecular complexity index is 490. The maximum atomic E-state index is 10.4. The molecule has 0 spiro atoms. The average Bonchev–Trinajstić information content (AvgIpc) is 2.42. The summed E-state index contributed by atoms with van der Waals surface area (Å²) in [5.41, 5.74) is 3.83. The average molecular weight is 284 g/mol. The van der Waals surface area contributed by atoms with Crippen LogP contribution in [0, 0.1) is 5.41 Å². The van der Waals surface area contributed by atoms with Crippen LogP contribution in [-0.4, -0.2) is 6.29 Å². The molecule has 1 heteroatoms. The molecule has 114 valence electrons. The van der Waals surface area contributed by atoms with Gasteiger partial charge in [0.1, 0.15) is 6.29 Å². The van der Waals surface area contributed by atoms with Gasteiger partial charge in [0.05, 0.1) is 0 Å². The maximum absolute atomic E-state index is 10.4. The molecule has 0 unspecified atom stereocenters. The molecule has 0 heterocycles. The summed E-state index contributed by atoms with van der Waals surface area (Å²) >= 11 is 0. The fourth-order valence-electron chi connectivity index (χ4n) is 2.23. The number of hydrogen-bond acceptors (Lipinski definition) is 1. The zero-order valence-corrected chi connectivity index (χ0v) is 13.9. The minimum atomic E-state index is 0.109. The van der Waals surface area contributed by atoms with E-state index in [0.717, 1.165) is 11.9 Å². The van der Waals surface area contributed by atoms with Gasteiger partial charge in [-0.25, -0.2) is 0 Å². The highest BCUT2D eigenvalue weighted by atomic mass is 16.1. The summed E-state index contributed by atoms with van der Waals surface area (Å²) in [4.78, 5) is 10.4. The van der Waals surface area contributed by atoms with Gasteiger partial charge >= 0.3 is 0 Å². The largest absolute Gasteiger partial charge is 0.299 e. The van der Waals surface area contributed by atoms with Crippen molar-refractivity contribution < 1.29 is 4.79 Å². The van der Waals surface area contributed by atoms with Crippen LogP contribution in [0.2, 0.25) is 0 Å². The van der Waals surface area contributed by atoms with Crippen LogP contribution in [0.3, 0.4) is 0 Å². The molecule has 0 aliphatic heterocycles. The lowest BCUT2D eigenvalue weighted by molar-refractivity contribution is -0.104. The van der Waals surface area contributed by atoms with Crippen molar-refractivity contribution in [1.29, 1.82) is 0 Å². The minimum absolute atomic E-state index is 0.109. The SMILES string of the molecule is CC(C=CC=C(C=CC1=CCCCC1)C(C)(C)C)=CC=O. The van der Waals surface area contributed by atoms with Crippen LogP contribution in [0.25, 0.3) is 0 Å². The van der Waals surface area contributed by atoms with Gasteiger partial charge in [0.2, 0.25) is 0 Å². The lowest BCUT2D eigenvalue weighted by Gasteiger charge is -2.20. The van der Waals surface area contributed by atoms with E-state index in [9.17, 15) is 4.79 Å². The first-order valence-corrected chi connectivity index (χ1v) is 7.81. The Morgan fingerprint density at radius 3 is 2.48 bits per heavy atom. The Kier molecular flexibility index (Phi) is 7.14. The molecule has 1 nitrogen and oxygen atoms in total. The van der Waals surface area contributed by atoms with Crippen molar-refractivity contribution in [3.05, 3.63) is 59.3 Å². The van der Waals surface area contributed by atoms with E-state index in [4.69, 9.17) is 0 Å². The Balaban J connectivity index is 2.86. The lowest BCUT2D eigenvalue weighted by atomic mass is 9.85. The van der Waals surface area contributed by atoms with Crippen LogP contribution < -0.4 is 0 Å². The second kappa shape index (κ2) is 8.61. The number of allylic oxidation sites excluding steroid dienone is 10. The minimum Gasteiger partial charge on any atom is -0.299 e. The van der Waals surface area contributed by atoms with Crippen LogP contribution in [0.1, 0.15) is 53.4 Å². The second-order valence-electron chi connectivity index (χ2n) is 6.64. The summed E-state index contributed by atoms with van der Waals surface area (Å²) < 4.78 is 0. The molecule has 0 amide bonds. The van der Waals surface area contributed by atoms with Crippen LogP contribution in [0.15, 0.2) is 59.3 Å². The van der Waals surface area contributed by atoms with Gasteiger partial charge in [0.25, 0.3) is 0 Å². The molecule has 0 radical (unpaired) electrons. The van der Waals surface area contributed by atoms with Crippen LogP contribution in [0.4, 0.5) is 0 Å². The first-order valence-electron chi connectivity index (χ1n) is 7.81. The van der Waals surface area contributed by atoms with Gasteiger partial charge in [0.15, 0.2) is 0 Å². The van der Waals surface area contributed by atoms with Gasteiger partial charge in [-0.3, -0.25) is 4.79 Å². The number of carbonyl (C=O) groups excluding carboxylic acids is 1. The van der Waals surface area contributed by atoms with Gasteiger partial charge in [-0.15, -0.1) is 0 Å². The van der Waals surface area contributed by atoms with Crippen molar-refractivity contribution in [2.45, 2.75) is 53.4 Å². The van der Waals surface area contributed by atoms with Crippen molar-refractivity contribution in [3.63, 3.8) is 0 Å². The van der Waals surface area contributed by atoms with E-state index >= 15 is 0 Å². The Hall–Kier alpha value is -1.63. The molecular formula is C20H28O. The van der Waals surface area contributed by atoms with E-state index in [2.05, 4.69) is 45.1 Å². The molecule has 0 aromatic heterocycles. The first kappa shape index (κ1) is 17.4. The third-order valence-corrected chi connectivity index (χ3v) is 3.63. The number of aldehydes is 1. The van der Waals surface area contributed by atoms with E-state index in [0.29, 0.717) is 0 Å². The molecule has 0 atom stereocenters. The van der Waals surface area contributed by atoms with Crippen LogP contribution in [-0.2, 0) is 4.79 Å². The normalized spacial score (nSPS) is 18.4. The van der Waals surface area contributed by atoms with E-state index in [1.165, 1.54) is 36.8 Å². The summed E-state index contributed by atoms with van der Waals surface area (Å²) in [6.45, 7) is 8.60. The molecular weight excluding hydrogens is 256 g/mol. The Morgan fingerprint density at radius 2 is 1.90 bits per heavy atom. The molecule has 0 aromatic carbocycles. The van der Waals surface area contributed by atoms with Gasteiger partial charge in [-0.05, 0) is 55.2 Å². The quantitative estimate of drug-likeness (QED) is 0.358. The van der Waals surface area contributed by atoms with Crippen molar-refractivity contribution >= 4 is 6.29 Å². The number of rotatable bonds is 5. The molecule has 1 aliphatic rings. The second-order valence-corrected chi connectivity index (χ2v) is 6.64. The van der Waals surface area contributed by atoms with E-state index in [-0.39, 0.29) is 5.41 Å². The third kappa shape index (κ3) is 7.08. The van der Waals surface area contributed by atoms with Crippen molar-refractivity contribution in [1.82, 2.24) is 0 Å². The molecule has 1 aliphatic carbocycles. The summed E-state index contributed by atoms with van der Waals surface area (Å²) in [6, 6.07) is 0. The third-order valence-electron chi connectivity index (χ3n) is 3.63. The van der Waals surface area contributed by atoms with Crippen LogP contribution in [0.5, 0.6) is 0 Å². The monoisotopic (exact) mass is 284 g/mol. The predicted octanol–water partition coefficient (Wildman–Crippen LogP) is 5.72. The topological polar surface area (TPSA) is 17.1 Å². The van der Waals surface area contributed by atoms with E-state index in [1.54, 1.807) is 6.08 Å². The van der Waals surface area contributed by atoms with Crippen molar-refractivity contribution in [3.8, 4) is 0 Å². The maximum Gasteiger partial charge on any atom is 0.143 e. The molecule has 0 N–H and O–H groups in total. The first-order chi connectivity index (χ1) is 9.93. The van der Waals surface area contributed by atoms with Crippen LogP contribution >= 0.6 is 0 Å². The fourth-order valence-corrected chi connectivity index (χ4v) is 2.23. The summed E-state index contributed by atoms with van der Waals surface area (Å²) in [5, 5.41) is 0. The van der Waals surface area contributed by atoms with Gasteiger partial charge in [0, 0.05) is 0 Å². The highest BCUT2D eigenvalue weighted by Crippen LogP contribution is 2.28. The fraction of sp³-hybridized carbons (Fsp3) is 0.450. The molecule has 1 rings (SSSR count). The Labute approximate surface area is 129 Å². The smallest absolute Gasteiger partial charge is 0.143 e. The van der Waals surface area contributed by atoms with Gasteiger partial charge in [-0.1, -0.05) is 62.8 Å². The number of carbonyl (C=O) groups is 1. The standard InChI is InChI=1S/C20H28O/c1-17(15-16-21)9-8-12-19(20(2,3)4)14-13-18-10-6-5-7-11-18/h8-10,12-16H,5-7,11H2,1-4H3. The molecule has 0 bridgehead atoms. The Morgan fingerprint density at radius 1 is 1.14 bits per heavy atom. The van der Waals surface area contributed by atoms with E-state index < -0.39 is 0 Å². The number of hydrogen-bond donors (Lipinski definition) is 0. The lowest BCUT2D eigenvalue weighted by Crippen LogP contribution is -2.07. The molecule has 0 saturated heterocycles. The zero-order chi connectivity index (χ0) is 15.7. The predicted molar refractivity (Wildman–Crippen MR) is 92.2 cm³/mol. The molecule has 21 heavy (non-hydrogen) atoms. The van der Waals surface area contributed by atoms with Gasteiger partial charge < -0.3 is 0 Å². The zero-order valence-electron chi connectivity index (χ0n) is 13.9. The summed E-state index contributed by atoms with van der Waals surface area (Å²) in [5.74, 6) is 0. The molecule has 0 saturated carbocycles. The summed E-state index contributed by atoms with van der Waals surface area (Å²) in [6.07, 6.45) is 20.4. The van der Waals surface area contributed by atoms with E-state index in [1.807, 2.05) is 19.1 Å².